The quantitative estimate of drug-likeness (QED) is 0.570. The molecule has 0 bridgehead atoms. The van der Waals surface area contributed by atoms with Crippen LogP contribution < -0.4 is 0 Å². The molecule has 1 atom stereocenters. The van der Waals surface area contributed by atoms with Crippen molar-refractivity contribution in [2.24, 2.45) is 0 Å². The summed E-state index contributed by atoms with van der Waals surface area (Å²) in [6.45, 7) is 0.814. The van der Waals surface area contributed by atoms with Gasteiger partial charge in [0, 0.05) is 30.1 Å². The highest BCUT2D eigenvalue weighted by Gasteiger charge is 2.31. The Morgan fingerprint density at radius 3 is 2.81 bits per heavy atom. The van der Waals surface area contributed by atoms with Crippen LogP contribution in [0.2, 0.25) is 0 Å². The van der Waals surface area contributed by atoms with Crippen molar-refractivity contribution < 1.29 is 4.79 Å². The number of hydrogen-bond acceptors (Lipinski definition) is 2. The van der Waals surface area contributed by atoms with E-state index in [1.807, 2.05) is 47.5 Å². The summed E-state index contributed by atoms with van der Waals surface area (Å²) in [6.07, 6.45) is 5.31. The molecular formula is C22H22N4O. The predicted molar refractivity (Wildman–Crippen MR) is 106 cm³/mol. The molecule has 2 aromatic heterocycles. The molecule has 1 saturated heterocycles. The minimum absolute atomic E-state index is 0.0628. The van der Waals surface area contributed by atoms with Crippen LogP contribution >= 0.6 is 0 Å². The second-order valence-electron chi connectivity index (χ2n) is 7.24. The number of para-hydroxylation sites is 3. The zero-order valence-corrected chi connectivity index (χ0v) is 15.1. The maximum atomic E-state index is 12.9. The number of aromatic nitrogens is 3. The van der Waals surface area contributed by atoms with Crippen molar-refractivity contribution in [3.63, 3.8) is 0 Å². The largest absolute Gasteiger partial charge is 0.361 e. The minimum Gasteiger partial charge on any atom is -0.361 e. The second-order valence-corrected chi connectivity index (χ2v) is 7.24. The fourth-order valence-electron chi connectivity index (χ4n) is 4.20. The number of imidazole rings is 1. The van der Waals surface area contributed by atoms with Gasteiger partial charge in [0.05, 0.1) is 17.1 Å². The van der Waals surface area contributed by atoms with Gasteiger partial charge in [-0.3, -0.25) is 4.79 Å². The van der Waals surface area contributed by atoms with Gasteiger partial charge in [-0.05, 0) is 43.0 Å². The number of aromatic amines is 2. The van der Waals surface area contributed by atoms with Crippen LogP contribution in [-0.4, -0.2) is 32.3 Å². The smallest absolute Gasteiger partial charge is 0.223 e. The normalized spacial score (nSPS) is 17.2. The van der Waals surface area contributed by atoms with Crippen molar-refractivity contribution in [2.45, 2.75) is 31.7 Å². The summed E-state index contributed by atoms with van der Waals surface area (Å²) in [4.78, 5) is 26.4. The molecule has 2 N–H and O–H groups in total. The highest BCUT2D eigenvalue weighted by molar-refractivity contribution is 5.84. The van der Waals surface area contributed by atoms with E-state index < -0.39 is 0 Å². The fourth-order valence-corrected chi connectivity index (χ4v) is 4.20. The molecular weight excluding hydrogens is 336 g/mol. The lowest BCUT2D eigenvalue weighted by Gasteiger charge is -2.23. The van der Waals surface area contributed by atoms with Crippen molar-refractivity contribution in [1.29, 1.82) is 0 Å². The molecule has 27 heavy (non-hydrogen) atoms. The zero-order valence-electron chi connectivity index (χ0n) is 15.1. The van der Waals surface area contributed by atoms with Crippen LogP contribution in [0.4, 0.5) is 0 Å². The fraction of sp³-hybridized carbons (Fsp3) is 0.273. The lowest BCUT2D eigenvalue weighted by atomic mass is 10.1. The molecule has 5 rings (SSSR count). The first kappa shape index (κ1) is 16.1. The van der Waals surface area contributed by atoms with E-state index in [2.05, 4.69) is 22.1 Å². The van der Waals surface area contributed by atoms with Crippen molar-refractivity contribution in [3.05, 3.63) is 66.1 Å². The number of fused-ring (bicyclic) bond motifs is 2. The first-order valence-corrected chi connectivity index (χ1v) is 9.59. The van der Waals surface area contributed by atoms with E-state index in [-0.39, 0.29) is 11.9 Å². The number of nitrogens with zero attached hydrogens (tertiary/aromatic N) is 2. The molecule has 1 aliphatic rings. The van der Waals surface area contributed by atoms with Gasteiger partial charge in [-0.15, -0.1) is 0 Å². The second kappa shape index (κ2) is 6.58. The number of amides is 1. The molecule has 0 saturated carbocycles. The van der Waals surface area contributed by atoms with Crippen LogP contribution in [-0.2, 0) is 11.2 Å². The Morgan fingerprint density at radius 1 is 1.11 bits per heavy atom. The molecule has 1 aliphatic heterocycles. The molecule has 1 fully saturated rings. The highest BCUT2D eigenvalue weighted by Crippen LogP contribution is 2.32. The van der Waals surface area contributed by atoms with E-state index in [0.717, 1.165) is 48.2 Å². The molecule has 0 radical (unpaired) electrons. The topological polar surface area (TPSA) is 64.8 Å². The number of rotatable bonds is 4. The van der Waals surface area contributed by atoms with E-state index in [4.69, 9.17) is 4.98 Å². The predicted octanol–water partition coefficient (Wildman–Crippen LogP) is 4.34. The van der Waals surface area contributed by atoms with E-state index in [9.17, 15) is 4.79 Å². The van der Waals surface area contributed by atoms with Gasteiger partial charge in [0.1, 0.15) is 5.82 Å². The monoisotopic (exact) mass is 358 g/mol. The maximum absolute atomic E-state index is 12.9. The van der Waals surface area contributed by atoms with Crippen molar-refractivity contribution in [2.75, 3.05) is 6.54 Å². The van der Waals surface area contributed by atoms with Crippen LogP contribution in [0.5, 0.6) is 0 Å². The number of aryl methyl sites for hydroxylation is 1. The number of likely N-dealkylation sites (tertiary alicyclic amines) is 1. The molecule has 5 nitrogen and oxygen atoms in total. The van der Waals surface area contributed by atoms with Gasteiger partial charge in [0.2, 0.25) is 5.91 Å². The van der Waals surface area contributed by atoms with Crippen LogP contribution in [0.1, 0.15) is 36.7 Å². The number of benzene rings is 2. The Balaban J connectivity index is 1.33. The molecule has 0 aliphatic carbocycles. The molecule has 1 unspecified atom stereocenters. The molecule has 4 aromatic rings. The lowest BCUT2D eigenvalue weighted by molar-refractivity contribution is -0.132. The molecule has 5 heteroatoms. The Labute approximate surface area is 157 Å². The van der Waals surface area contributed by atoms with Crippen LogP contribution in [0.25, 0.3) is 21.9 Å². The third-order valence-electron chi connectivity index (χ3n) is 5.58. The highest BCUT2D eigenvalue weighted by atomic mass is 16.2. The van der Waals surface area contributed by atoms with Crippen LogP contribution in [0.3, 0.4) is 0 Å². The standard InChI is InChI=1S/C22H22N4O/c27-21(12-11-15-14-23-17-7-2-1-6-16(15)17)26-13-5-10-20(26)22-24-18-8-3-4-9-19(18)25-22/h1-4,6-9,14,20,23H,5,10-13H2,(H,24,25). The Hall–Kier alpha value is -3.08. The zero-order chi connectivity index (χ0) is 18.2. The van der Waals surface area contributed by atoms with E-state index in [1.165, 1.54) is 10.9 Å². The molecule has 3 heterocycles. The summed E-state index contributed by atoms with van der Waals surface area (Å²) >= 11 is 0. The third kappa shape index (κ3) is 2.89. The Morgan fingerprint density at radius 2 is 1.93 bits per heavy atom. The number of carbonyl (C=O) groups excluding carboxylic acids is 1. The first-order chi connectivity index (χ1) is 13.3. The minimum atomic E-state index is 0.0628. The third-order valence-corrected chi connectivity index (χ3v) is 5.58. The maximum Gasteiger partial charge on any atom is 0.223 e. The van der Waals surface area contributed by atoms with E-state index in [1.54, 1.807) is 0 Å². The van der Waals surface area contributed by atoms with E-state index in [0.29, 0.717) is 6.42 Å². The van der Waals surface area contributed by atoms with Gasteiger partial charge in [0.25, 0.3) is 0 Å². The molecule has 1 amide bonds. The average molecular weight is 358 g/mol. The van der Waals surface area contributed by atoms with Gasteiger partial charge in [-0.25, -0.2) is 4.98 Å². The van der Waals surface area contributed by atoms with E-state index >= 15 is 0 Å². The molecule has 2 aromatic carbocycles. The summed E-state index contributed by atoms with van der Waals surface area (Å²) in [6, 6.07) is 16.3. The van der Waals surface area contributed by atoms with Crippen LogP contribution in [0, 0.1) is 0 Å². The van der Waals surface area contributed by atoms with Crippen molar-refractivity contribution in [1.82, 2.24) is 19.9 Å². The summed E-state index contributed by atoms with van der Waals surface area (Å²) < 4.78 is 0. The summed E-state index contributed by atoms with van der Waals surface area (Å²) in [5.74, 6) is 1.12. The molecule has 136 valence electrons. The van der Waals surface area contributed by atoms with Gasteiger partial charge in [-0.2, -0.15) is 0 Å². The molecule has 0 spiro atoms. The van der Waals surface area contributed by atoms with Crippen LogP contribution in [0.15, 0.2) is 54.7 Å². The SMILES string of the molecule is O=C(CCc1c[nH]c2ccccc12)N1CCCC1c1nc2ccccc2[nH]1. The lowest BCUT2D eigenvalue weighted by Crippen LogP contribution is -2.31. The number of nitrogens with one attached hydrogen (secondary N) is 2. The number of carbonyl (C=O) groups is 1. The Kier molecular flexibility index (Phi) is 3.93. The summed E-state index contributed by atoms with van der Waals surface area (Å²) in [7, 11) is 0. The number of hydrogen-bond donors (Lipinski definition) is 2. The Bertz CT molecular complexity index is 1080. The number of H-pyrrole nitrogens is 2. The van der Waals surface area contributed by atoms with Gasteiger partial charge < -0.3 is 14.9 Å². The first-order valence-electron chi connectivity index (χ1n) is 9.59. The summed E-state index contributed by atoms with van der Waals surface area (Å²) in [5, 5.41) is 1.21. The summed E-state index contributed by atoms with van der Waals surface area (Å²) in [5.41, 5.74) is 4.33. The van der Waals surface area contributed by atoms with Crippen molar-refractivity contribution in [3.8, 4) is 0 Å². The van der Waals surface area contributed by atoms with Gasteiger partial charge >= 0.3 is 0 Å². The van der Waals surface area contributed by atoms with Gasteiger partial charge in [-0.1, -0.05) is 30.3 Å². The average Bonchev–Trinajstić information content (AvgIpc) is 3.43. The van der Waals surface area contributed by atoms with Crippen molar-refractivity contribution >= 4 is 27.8 Å². The van der Waals surface area contributed by atoms with Gasteiger partial charge in [0.15, 0.2) is 0 Å².